The average molecular weight is 412 g/mol. The molecule has 21 heavy (non-hydrogen) atoms. The molecule has 0 saturated heterocycles. The van der Waals surface area contributed by atoms with E-state index in [0.29, 0.717) is 19.1 Å². The highest BCUT2D eigenvalue weighted by Gasteiger charge is 2.32. The lowest BCUT2D eigenvalue weighted by Crippen LogP contribution is -2.52. The van der Waals surface area contributed by atoms with Gasteiger partial charge in [0.2, 0.25) is 0 Å². The molecular formula is C14H29IN4O2. The highest BCUT2D eigenvalue weighted by Crippen LogP contribution is 2.32. The van der Waals surface area contributed by atoms with Gasteiger partial charge in [-0.3, -0.25) is 4.99 Å². The van der Waals surface area contributed by atoms with Crippen LogP contribution in [0.5, 0.6) is 0 Å². The largest absolute Gasteiger partial charge is 0.450 e. The Bertz CT molecular complexity index is 351. The van der Waals surface area contributed by atoms with Crippen LogP contribution in [0.2, 0.25) is 0 Å². The Labute approximate surface area is 144 Å². The number of rotatable bonds is 5. The summed E-state index contributed by atoms with van der Waals surface area (Å²) >= 11 is 0. The number of guanidine groups is 1. The molecule has 1 aliphatic carbocycles. The summed E-state index contributed by atoms with van der Waals surface area (Å²) in [5.74, 6) is 1.29. The van der Waals surface area contributed by atoms with E-state index in [1.807, 2.05) is 0 Å². The zero-order valence-electron chi connectivity index (χ0n) is 13.7. The Hall–Kier alpha value is -0.730. The molecule has 3 N–H and O–H groups in total. The van der Waals surface area contributed by atoms with Gasteiger partial charge in [0.15, 0.2) is 5.96 Å². The third-order valence-corrected chi connectivity index (χ3v) is 2.98. The number of nitrogens with zero attached hydrogens (tertiary/aromatic N) is 1. The lowest BCUT2D eigenvalue weighted by molar-refractivity contribution is 0.146. The van der Waals surface area contributed by atoms with Crippen LogP contribution in [-0.2, 0) is 4.74 Å². The Kier molecular flexibility index (Phi) is 9.00. The fourth-order valence-corrected chi connectivity index (χ4v) is 1.90. The number of amides is 1. The first-order valence-corrected chi connectivity index (χ1v) is 7.28. The van der Waals surface area contributed by atoms with Gasteiger partial charge in [0, 0.05) is 19.1 Å². The number of hydrogen-bond acceptors (Lipinski definition) is 3. The van der Waals surface area contributed by atoms with E-state index in [1.165, 1.54) is 0 Å². The van der Waals surface area contributed by atoms with Crippen LogP contribution in [0.25, 0.3) is 0 Å². The van der Waals surface area contributed by atoms with Gasteiger partial charge in [0.05, 0.1) is 12.6 Å². The molecule has 1 aliphatic rings. The summed E-state index contributed by atoms with van der Waals surface area (Å²) in [6, 6.07) is 0.0903. The van der Waals surface area contributed by atoms with Crippen molar-refractivity contribution in [2.45, 2.75) is 52.1 Å². The summed E-state index contributed by atoms with van der Waals surface area (Å²) < 4.78 is 4.94. The molecule has 1 saturated carbocycles. The lowest BCUT2D eigenvalue weighted by Gasteiger charge is -2.25. The van der Waals surface area contributed by atoms with Crippen molar-refractivity contribution >= 4 is 36.0 Å². The topological polar surface area (TPSA) is 74.8 Å². The van der Waals surface area contributed by atoms with Crippen LogP contribution in [0.3, 0.4) is 0 Å². The van der Waals surface area contributed by atoms with Gasteiger partial charge in [-0.1, -0.05) is 0 Å². The Morgan fingerprint density at radius 1 is 1.38 bits per heavy atom. The maximum Gasteiger partial charge on any atom is 0.407 e. The summed E-state index contributed by atoms with van der Waals surface area (Å²) in [4.78, 5) is 15.7. The van der Waals surface area contributed by atoms with Gasteiger partial charge in [-0.05, 0) is 46.5 Å². The summed E-state index contributed by atoms with van der Waals surface area (Å²) in [7, 11) is 1.74. The zero-order chi connectivity index (χ0) is 15.2. The predicted octanol–water partition coefficient (Wildman–Crippen LogP) is 2.09. The molecule has 124 valence electrons. The molecule has 1 fully saturated rings. The highest BCUT2D eigenvalue weighted by atomic mass is 127. The fourth-order valence-electron chi connectivity index (χ4n) is 1.90. The van der Waals surface area contributed by atoms with Gasteiger partial charge in [-0.25, -0.2) is 4.79 Å². The van der Waals surface area contributed by atoms with Crippen molar-refractivity contribution in [2.24, 2.45) is 10.9 Å². The molecule has 1 unspecified atom stereocenters. The molecule has 1 atom stereocenters. The van der Waals surface area contributed by atoms with E-state index in [0.717, 1.165) is 18.8 Å². The molecule has 6 nitrogen and oxygen atoms in total. The van der Waals surface area contributed by atoms with Crippen molar-refractivity contribution in [3.63, 3.8) is 0 Å². The number of hydrogen-bond donors (Lipinski definition) is 3. The number of carbonyl (C=O) groups is 1. The molecule has 0 aromatic rings. The summed E-state index contributed by atoms with van der Waals surface area (Å²) in [5.41, 5.74) is -0.0501. The van der Waals surface area contributed by atoms with Crippen molar-refractivity contribution < 1.29 is 9.53 Å². The Morgan fingerprint density at radius 2 is 2.00 bits per heavy atom. The molecule has 0 radical (unpaired) electrons. The molecular weight excluding hydrogens is 383 g/mol. The third kappa shape index (κ3) is 9.00. The van der Waals surface area contributed by atoms with Gasteiger partial charge >= 0.3 is 6.09 Å². The summed E-state index contributed by atoms with van der Waals surface area (Å²) in [6.45, 7) is 9.08. The zero-order valence-corrected chi connectivity index (χ0v) is 16.0. The molecule has 0 bridgehead atoms. The van der Waals surface area contributed by atoms with Crippen LogP contribution in [0.1, 0.15) is 40.5 Å². The minimum Gasteiger partial charge on any atom is -0.450 e. The second-order valence-corrected chi connectivity index (χ2v) is 6.14. The number of ether oxygens (including phenoxy) is 1. The number of aliphatic imine (C=N–C) groups is 1. The quantitative estimate of drug-likeness (QED) is 0.367. The summed E-state index contributed by atoms with van der Waals surface area (Å²) in [6.07, 6.45) is 1.97. The first kappa shape index (κ1) is 20.3. The number of nitrogens with one attached hydrogen (secondary N) is 3. The highest BCUT2D eigenvalue weighted by molar-refractivity contribution is 14.0. The van der Waals surface area contributed by atoms with Gasteiger partial charge < -0.3 is 20.7 Å². The van der Waals surface area contributed by atoms with Crippen LogP contribution in [-0.4, -0.2) is 43.8 Å². The van der Waals surface area contributed by atoms with Crippen LogP contribution in [0.4, 0.5) is 4.79 Å². The standard InChI is InChI=1S/C14H28N4O2.HI/c1-6-20-13(19)17-11(10-7-8-10)9-16-12(15-5)18-14(2,3)4;/h10-11H,6-9H2,1-5H3,(H,17,19)(H2,15,16,18);1H. The van der Waals surface area contributed by atoms with E-state index >= 15 is 0 Å². The van der Waals surface area contributed by atoms with Crippen LogP contribution < -0.4 is 16.0 Å². The fraction of sp³-hybridized carbons (Fsp3) is 0.857. The van der Waals surface area contributed by atoms with Crippen molar-refractivity contribution in [1.29, 1.82) is 0 Å². The van der Waals surface area contributed by atoms with E-state index in [9.17, 15) is 4.79 Å². The summed E-state index contributed by atoms with van der Waals surface area (Å²) in [5, 5.41) is 9.47. The van der Waals surface area contributed by atoms with Gasteiger partial charge in [-0.15, -0.1) is 24.0 Å². The average Bonchev–Trinajstić information content (AvgIpc) is 3.15. The van der Waals surface area contributed by atoms with Crippen LogP contribution in [0, 0.1) is 5.92 Å². The molecule has 1 rings (SSSR count). The van der Waals surface area contributed by atoms with Crippen molar-refractivity contribution in [1.82, 2.24) is 16.0 Å². The minimum absolute atomic E-state index is 0. The second-order valence-electron chi connectivity index (χ2n) is 6.14. The van der Waals surface area contributed by atoms with Crippen LogP contribution >= 0.6 is 24.0 Å². The number of halogens is 1. The lowest BCUT2D eigenvalue weighted by atomic mass is 10.1. The molecule has 0 spiro atoms. The molecule has 7 heteroatoms. The van der Waals surface area contributed by atoms with Crippen molar-refractivity contribution in [3.05, 3.63) is 0 Å². The number of carbonyl (C=O) groups excluding carboxylic acids is 1. The molecule has 0 aliphatic heterocycles. The molecule has 0 aromatic carbocycles. The predicted molar refractivity (Wildman–Crippen MR) is 96.3 cm³/mol. The SMILES string of the molecule is CCOC(=O)NC(CNC(=NC)NC(C)(C)C)C1CC1.I. The van der Waals surface area contributed by atoms with E-state index < -0.39 is 0 Å². The first-order valence-electron chi connectivity index (χ1n) is 7.28. The Balaban J connectivity index is 0.00000400. The normalized spacial score (nSPS) is 16.5. The molecule has 1 amide bonds. The van der Waals surface area contributed by atoms with Gasteiger partial charge in [0.25, 0.3) is 0 Å². The van der Waals surface area contributed by atoms with E-state index in [2.05, 4.69) is 41.7 Å². The minimum atomic E-state index is -0.343. The van der Waals surface area contributed by atoms with Crippen molar-refractivity contribution in [2.75, 3.05) is 20.2 Å². The maximum absolute atomic E-state index is 11.5. The Morgan fingerprint density at radius 3 is 2.43 bits per heavy atom. The smallest absolute Gasteiger partial charge is 0.407 e. The van der Waals surface area contributed by atoms with Crippen LogP contribution in [0.15, 0.2) is 4.99 Å². The molecule has 0 aromatic heterocycles. The van der Waals surface area contributed by atoms with Gasteiger partial charge in [-0.2, -0.15) is 0 Å². The van der Waals surface area contributed by atoms with E-state index in [-0.39, 0.29) is 41.7 Å². The van der Waals surface area contributed by atoms with Gasteiger partial charge in [0.1, 0.15) is 0 Å². The second kappa shape index (κ2) is 9.32. The van der Waals surface area contributed by atoms with E-state index in [1.54, 1.807) is 14.0 Å². The van der Waals surface area contributed by atoms with E-state index in [4.69, 9.17) is 4.74 Å². The molecule has 0 heterocycles. The third-order valence-electron chi connectivity index (χ3n) is 2.98. The monoisotopic (exact) mass is 412 g/mol. The maximum atomic E-state index is 11.5. The number of alkyl carbamates (subject to hydrolysis) is 1. The van der Waals surface area contributed by atoms with Crippen molar-refractivity contribution in [3.8, 4) is 0 Å². The first-order chi connectivity index (χ1) is 9.35.